The van der Waals surface area contributed by atoms with Gasteiger partial charge in [-0.2, -0.15) is 0 Å². The highest BCUT2D eigenvalue weighted by molar-refractivity contribution is 5.79. The first-order valence-corrected chi connectivity index (χ1v) is 9.04. The summed E-state index contributed by atoms with van der Waals surface area (Å²) in [6, 6.07) is 8.67. The van der Waals surface area contributed by atoms with E-state index in [9.17, 15) is 0 Å². The Morgan fingerprint density at radius 3 is 2.38 bits per heavy atom. The molecule has 0 radical (unpaired) electrons. The molecule has 5 heteroatoms. The van der Waals surface area contributed by atoms with Crippen LogP contribution in [0, 0.1) is 0 Å². The number of guanidine groups is 1. The van der Waals surface area contributed by atoms with Gasteiger partial charge < -0.3 is 20.3 Å². The maximum absolute atomic E-state index is 5.81. The van der Waals surface area contributed by atoms with Crippen molar-refractivity contribution >= 4 is 5.96 Å². The van der Waals surface area contributed by atoms with Crippen molar-refractivity contribution in [1.29, 1.82) is 0 Å². The molecule has 24 heavy (non-hydrogen) atoms. The van der Waals surface area contributed by atoms with Gasteiger partial charge >= 0.3 is 0 Å². The number of rotatable bonds is 10. The maximum Gasteiger partial charge on any atom is 0.191 e. The average Bonchev–Trinajstić information content (AvgIpc) is 2.63. The highest BCUT2D eigenvalue weighted by Gasteiger charge is 2.03. The molecule has 2 N–H and O–H groups in total. The number of nitrogens with zero attached hydrogens (tertiary/aromatic N) is 2. The molecule has 1 aromatic carbocycles. The first-order valence-electron chi connectivity index (χ1n) is 9.04. The molecule has 0 aromatic heterocycles. The molecule has 1 rings (SSSR count). The Morgan fingerprint density at radius 2 is 1.83 bits per heavy atom. The summed E-state index contributed by atoms with van der Waals surface area (Å²) < 4.78 is 5.81. The van der Waals surface area contributed by atoms with E-state index in [0.717, 1.165) is 50.9 Å². The summed E-state index contributed by atoms with van der Waals surface area (Å²) in [5.74, 6) is 1.76. The molecule has 5 nitrogen and oxygen atoms in total. The number of hydrogen-bond donors (Lipinski definition) is 2. The summed E-state index contributed by atoms with van der Waals surface area (Å²) in [4.78, 5) is 6.60. The van der Waals surface area contributed by atoms with Gasteiger partial charge in [-0.25, -0.2) is 0 Å². The predicted molar refractivity (Wildman–Crippen MR) is 103 cm³/mol. The van der Waals surface area contributed by atoms with Gasteiger partial charge in [0.2, 0.25) is 0 Å². The molecule has 1 atom stereocenters. The summed E-state index contributed by atoms with van der Waals surface area (Å²) in [6.07, 6.45) is 1.07. The molecule has 0 fully saturated rings. The van der Waals surface area contributed by atoms with Crippen LogP contribution in [0.2, 0.25) is 0 Å². The molecule has 0 aliphatic rings. The number of benzene rings is 1. The largest absolute Gasteiger partial charge is 0.492 e. The molecule has 0 saturated carbocycles. The van der Waals surface area contributed by atoms with Crippen molar-refractivity contribution < 1.29 is 4.74 Å². The lowest BCUT2D eigenvalue weighted by atomic mass is 10.2. The topological polar surface area (TPSA) is 48.9 Å². The van der Waals surface area contributed by atoms with Crippen LogP contribution in [0.25, 0.3) is 0 Å². The highest BCUT2D eigenvalue weighted by atomic mass is 16.5. The van der Waals surface area contributed by atoms with Crippen LogP contribution in [0.3, 0.4) is 0 Å². The Balaban J connectivity index is 2.39. The van der Waals surface area contributed by atoms with E-state index in [1.165, 1.54) is 5.56 Å². The Kier molecular flexibility index (Phi) is 9.92. The van der Waals surface area contributed by atoms with Crippen molar-refractivity contribution in [1.82, 2.24) is 15.5 Å². The third-order valence-electron chi connectivity index (χ3n) is 4.17. The quantitative estimate of drug-likeness (QED) is 0.510. The second-order valence-corrected chi connectivity index (χ2v) is 5.90. The summed E-state index contributed by atoms with van der Waals surface area (Å²) in [7, 11) is 1.80. The molecule has 0 spiro atoms. The van der Waals surface area contributed by atoms with Gasteiger partial charge in [0, 0.05) is 26.2 Å². The Labute approximate surface area is 147 Å². The number of likely N-dealkylation sites (N-methyl/N-ethyl adjacent to an activating group) is 1. The van der Waals surface area contributed by atoms with Gasteiger partial charge in [0.1, 0.15) is 12.4 Å². The summed E-state index contributed by atoms with van der Waals surface area (Å²) >= 11 is 0. The molecule has 0 aliphatic carbocycles. The fraction of sp³-hybridized carbons (Fsp3) is 0.632. The third kappa shape index (κ3) is 7.68. The first-order chi connectivity index (χ1) is 11.6. The van der Waals surface area contributed by atoms with Gasteiger partial charge in [-0.05, 0) is 44.1 Å². The zero-order valence-electron chi connectivity index (χ0n) is 15.9. The number of ether oxygens (including phenoxy) is 1. The lowest BCUT2D eigenvalue weighted by Crippen LogP contribution is -2.41. The van der Waals surface area contributed by atoms with E-state index in [4.69, 9.17) is 4.74 Å². The molecule has 136 valence electrons. The summed E-state index contributed by atoms with van der Waals surface area (Å²) in [5.41, 5.74) is 1.21. The maximum atomic E-state index is 5.81. The smallest absolute Gasteiger partial charge is 0.191 e. The van der Waals surface area contributed by atoms with Crippen LogP contribution < -0.4 is 15.4 Å². The lowest BCUT2D eigenvalue weighted by molar-refractivity contribution is 0.223. The van der Waals surface area contributed by atoms with E-state index < -0.39 is 0 Å². The number of aliphatic imine (C=N–C) groups is 1. The van der Waals surface area contributed by atoms with Crippen LogP contribution in [0.15, 0.2) is 29.3 Å². The van der Waals surface area contributed by atoms with Crippen LogP contribution in [-0.4, -0.2) is 50.2 Å². The van der Waals surface area contributed by atoms with Crippen LogP contribution in [-0.2, 0) is 6.54 Å². The fourth-order valence-corrected chi connectivity index (χ4v) is 2.25. The van der Waals surface area contributed by atoms with Crippen molar-refractivity contribution in [2.45, 2.75) is 46.7 Å². The first kappa shape index (κ1) is 20.3. The lowest BCUT2D eigenvalue weighted by Gasteiger charge is -2.18. The van der Waals surface area contributed by atoms with E-state index in [0.29, 0.717) is 6.04 Å². The van der Waals surface area contributed by atoms with Crippen LogP contribution in [0.5, 0.6) is 5.75 Å². The Morgan fingerprint density at radius 1 is 1.17 bits per heavy atom. The van der Waals surface area contributed by atoms with Crippen molar-refractivity contribution in [3.8, 4) is 5.75 Å². The van der Waals surface area contributed by atoms with E-state index in [2.05, 4.69) is 60.4 Å². The zero-order chi connectivity index (χ0) is 17.8. The highest BCUT2D eigenvalue weighted by Crippen LogP contribution is 2.12. The van der Waals surface area contributed by atoms with E-state index in [1.54, 1.807) is 7.05 Å². The number of nitrogens with one attached hydrogen (secondary N) is 2. The standard InChI is InChI=1S/C19H34N4O/c1-6-16(4)22-19(20-5)21-15-17-9-11-18(12-10-17)24-14-13-23(7-2)8-3/h9-12,16H,6-8,13-15H2,1-5H3,(H2,20,21,22). The molecule has 1 aromatic rings. The van der Waals surface area contributed by atoms with E-state index in [1.807, 2.05) is 12.1 Å². The van der Waals surface area contributed by atoms with Gasteiger partial charge in [-0.1, -0.05) is 32.9 Å². The van der Waals surface area contributed by atoms with Crippen molar-refractivity contribution in [3.63, 3.8) is 0 Å². The second kappa shape index (κ2) is 11.7. The Bertz CT molecular complexity index is 469. The van der Waals surface area contributed by atoms with Crippen LogP contribution >= 0.6 is 0 Å². The van der Waals surface area contributed by atoms with Gasteiger partial charge in [0.25, 0.3) is 0 Å². The van der Waals surface area contributed by atoms with Crippen LogP contribution in [0.1, 0.15) is 39.7 Å². The fourth-order valence-electron chi connectivity index (χ4n) is 2.25. The molecule has 0 bridgehead atoms. The predicted octanol–water partition coefficient (Wildman–Crippen LogP) is 2.87. The minimum absolute atomic E-state index is 0.415. The normalized spacial score (nSPS) is 13.0. The zero-order valence-corrected chi connectivity index (χ0v) is 15.9. The van der Waals surface area contributed by atoms with Crippen LogP contribution in [0.4, 0.5) is 0 Å². The van der Waals surface area contributed by atoms with Crippen molar-refractivity contribution in [2.75, 3.05) is 33.3 Å². The molecule has 0 aliphatic heterocycles. The number of hydrogen-bond acceptors (Lipinski definition) is 3. The molecule has 1 unspecified atom stereocenters. The average molecular weight is 335 g/mol. The van der Waals surface area contributed by atoms with Gasteiger partial charge in [0.05, 0.1) is 0 Å². The monoisotopic (exact) mass is 334 g/mol. The minimum atomic E-state index is 0.415. The van der Waals surface area contributed by atoms with Crippen molar-refractivity contribution in [3.05, 3.63) is 29.8 Å². The van der Waals surface area contributed by atoms with Gasteiger partial charge in [-0.15, -0.1) is 0 Å². The minimum Gasteiger partial charge on any atom is -0.492 e. The van der Waals surface area contributed by atoms with Crippen molar-refractivity contribution in [2.24, 2.45) is 4.99 Å². The van der Waals surface area contributed by atoms with E-state index in [-0.39, 0.29) is 0 Å². The molecule has 0 heterocycles. The van der Waals surface area contributed by atoms with Gasteiger partial charge in [0.15, 0.2) is 5.96 Å². The molecule has 0 saturated heterocycles. The summed E-state index contributed by atoms with van der Waals surface area (Å²) in [6.45, 7) is 13.2. The van der Waals surface area contributed by atoms with Gasteiger partial charge in [-0.3, -0.25) is 4.99 Å². The third-order valence-corrected chi connectivity index (χ3v) is 4.17. The molecule has 0 amide bonds. The second-order valence-electron chi connectivity index (χ2n) is 5.90. The SMILES string of the molecule is CCC(C)NC(=NC)NCc1ccc(OCCN(CC)CC)cc1. The van der Waals surface area contributed by atoms with E-state index >= 15 is 0 Å². The summed E-state index contributed by atoms with van der Waals surface area (Å²) in [5, 5.41) is 6.69. The Hall–Kier alpha value is -1.75. The molecular weight excluding hydrogens is 300 g/mol. The molecular formula is C19H34N4O.